The summed E-state index contributed by atoms with van der Waals surface area (Å²) >= 11 is 5.36. The number of carbonyl (C=O) groups is 1. The maximum absolute atomic E-state index is 10.9. The van der Waals surface area contributed by atoms with Gasteiger partial charge in [-0.3, -0.25) is 4.79 Å². The molecule has 0 saturated carbocycles. The molecule has 1 N–H and O–H groups in total. The summed E-state index contributed by atoms with van der Waals surface area (Å²) in [6, 6.07) is 6.00. The van der Waals surface area contributed by atoms with Gasteiger partial charge in [0, 0.05) is 6.54 Å². The highest BCUT2D eigenvalue weighted by atomic mass is 35.5. The molecule has 1 amide bonds. The molecular formula is C13H18ClNO2. The van der Waals surface area contributed by atoms with E-state index in [4.69, 9.17) is 16.3 Å². The summed E-state index contributed by atoms with van der Waals surface area (Å²) in [6.07, 6.45) is 0.774. The Morgan fingerprint density at radius 2 is 2.18 bits per heavy atom. The van der Waals surface area contributed by atoms with Gasteiger partial charge in [0.25, 0.3) is 0 Å². The Bertz CT molecular complexity index is 380. The molecule has 0 aliphatic rings. The third-order valence-corrected chi connectivity index (χ3v) is 2.82. The zero-order valence-electron chi connectivity index (χ0n) is 10.3. The third kappa shape index (κ3) is 4.65. The van der Waals surface area contributed by atoms with Gasteiger partial charge >= 0.3 is 0 Å². The highest BCUT2D eigenvalue weighted by Gasteiger charge is 2.01. The molecule has 0 saturated heterocycles. The van der Waals surface area contributed by atoms with E-state index in [-0.39, 0.29) is 11.8 Å². The van der Waals surface area contributed by atoms with Crippen LogP contribution in [0.4, 0.5) is 0 Å². The molecule has 0 spiro atoms. The number of benzene rings is 1. The molecule has 0 aliphatic heterocycles. The van der Waals surface area contributed by atoms with Crippen LogP contribution in [0.1, 0.15) is 17.5 Å². The molecule has 0 radical (unpaired) electrons. The molecule has 17 heavy (non-hydrogen) atoms. The quantitative estimate of drug-likeness (QED) is 0.626. The van der Waals surface area contributed by atoms with Gasteiger partial charge in [0.15, 0.2) is 0 Å². The Kier molecular flexibility index (Phi) is 5.84. The number of alkyl halides is 1. The number of amides is 1. The minimum atomic E-state index is -0.140. The van der Waals surface area contributed by atoms with Crippen LogP contribution in [0, 0.1) is 13.8 Å². The normalized spacial score (nSPS) is 10.1. The van der Waals surface area contributed by atoms with Gasteiger partial charge < -0.3 is 10.1 Å². The second-order valence-corrected chi connectivity index (χ2v) is 4.15. The summed E-state index contributed by atoms with van der Waals surface area (Å²) in [7, 11) is 0. The Hall–Kier alpha value is -1.22. The van der Waals surface area contributed by atoms with Crippen LogP contribution in [-0.2, 0) is 4.79 Å². The van der Waals surface area contributed by atoms with E-state index in [1.807, 2.05) is 19.1 Å². The predicted octanol–water partition coefficient (Wildman–Crippen LogP) is 2.43. The molecule has 0 fully saturated rings. The maximum Gasteiger partial charge on any atom is 0.234 e. The second-order valence-electron chi connectivity index (χ2n) is 3.88. The van der Waals surface area contributed by atoms with Crippen molar-refractivity contribution < 1.29 is 9.53 Å². The van der Waals surface area contributed by atoms with Crippen LogP contribution in [0.2, 0.25) is 0 Å². The van der Waals surface area contributed by atoms with Crippen LogP contribution in [-0.4, -0.2) is 24.9 Å². The Morgan fingerprint density at radius 1 is 1.41 bits per heavy atom. The molecule has 4 heteroatoms. The summed E-state index contributed by atoms with van der Waals surface area (Å²) in [5.41, 5.74) is 2.38. The highest BCUT2D eigenvalue weighted by Crippen LogP contribution is 2.20. The van der Waals surface area contributed by atoms with Gasteiger partial charge in [-0.25, -0.2) is 0 Å². The van der Waals surface area contributed by atoms with Gasteiger partial charge in [0.05, 0.1) is 6.61 Å². The Labute approximate surface area is 107 Å². The maximum atomic E-state index is 10.9. The molecule has 0 bridgehead atoms. The van der Waals surface area contributed by atoms with Crippen molar-refractivity contribution in [2.75, 3.05) is 19.0 Å². The van der Waals surface area contributed by atoms with E-state index in [2.05, 4.69) is 18.3 Å². The SMILES string of the molecule is Cc1cccc(OCCCNC(=O)CCl)c1C. The smallest absolute Gasteiger partial charge is 0.234 e. The summed E-state index contributed by atoms with van der Waals surface area (Å²) < 4.78 is 5.65. The van der Waals surface area contributed by atoms with Gasteiger partial charge in [-0.15, -0.1) is 11.6 Å². The number of hydrogen-bond acceptors (Lipinski definition) is 2. The van der Waals surface area contributed by atoms with Gasteiger partial charge in [-0.05, 0) is 37.5 Å². The van der Waals surface area contributed by atoms with E-state index < -0.39 is 0 Å². The van der Waals surface area contributed by atoms with Crippen LogP contribution >= 0.6 is 11.6 Å². The van der Waals surface area contributed by atoms with Crippen molar-refractivity contribution in [3.8, 4) is 5.75 Å². The topological polar surface area (TPSA) is 38.3 Å². The number of halogens is 1. The van der Waals surface area contributed by atoms with Crippen molar-refractivity contribution in [1.82, 2.24) is 5.32 Å². The monoisotopic (exact) mass is 255 g/mol. The number of hydrogen-bond donors (Lipinski definition) is 1. The number of ether oxygens (including phenoxy) is 1. The van der Waals surface area contributed by atoms with E-state index in [1.165, 1.54) is 5.56 Å². The average Bonchev–Trinajstić information content (AvgIpc) is 2.33. The van der Waals surface area contributed by atoms with E-state index >= 15 is 0 Å². The van der Waals surface area contributed by atoms with Crippen LogP contribution in [0.25, 0.3) is 0 Å². The fraction of sp³-hybridized carbons (Fsp3) is 0.462. The molecule has 0 unspecified atom stereocenters. The second kappa shape index (κ2) is 7.17. The zero-order chi connectivity index (χ0) is 12.7. The fourth-order valence-electron chi connectivity index (χ4n) is 1.41. The molecular weight excluding hydrogens is 238 g/mol. The van der Waals surface area contributed by atoms with Gasteiger partial charge in [0.1, 0.15) is 11.6 Å². The Morgan fingerprint density at radius 3 is 2.88 bits per heavy atom. The first-order chi connectivity index (χ1) is 8.15. The molecule has 0 atom stereocenters. The number of rotatable bonds is 6. The molecule has 0 aromatic heterocycles. The van der Waals surface area contributed by atoms with Crippen molar-refractivity contribution in [1.29, 1.82) is 0 Å². The van der Waals surface area contributed by atoms with Crippen molar-refractivity contribution in [2.24, 2.45) is 0 Å². The summed E-state index contributed by atoms with van der Waals surface area (Å²) in [6.45, 7) is 5.28. The summed E-state index contributed by atoms with van der Waals surface area (Å²) in [5.74, 6) is 0.782. The third-order valence-electron chi connectivity index (χ3n) is 2.58. The van der Waals surface area contributed by atoms with Crippen molar-refractivity contribution in [2.45, 2.75) is 20.3 Å². The summed E-state index contributed by atoms with van der Waals surface area (Å²) in [5, 5.41) is 2.69. The van der Waals surface area contributed by atoms with Gasteiger partial charge in [-0.2, -0.15) is 0 Å². The fourth-order valence-corrected chi connectivity index (χ4v) is 1.50. The van der Waals surface area contributed by atoms with E-state index in [1.54, 1.807) is 0 Å². The minimum Gasteiger partial charge on any atom is -0.493 e. The first-order valence-corrected chi connectivity index (χ1v) is 6.20. The van der Waals surface area contributed by atoms with Gasteiger partial charge in [0.2, 0.25) is 5.91 Å². The molecule has 94 valence electrons. The molecule has 3 nitrogen and oxygen atoms in total. The van der Waals surface area contributed by atoms with Crippen molar-refractivity contribution in [3.05, 3.63) is 29.3 Å². The highest BCUT2D eigenvalue weighted by molar-refractivity contribution is 6.27. The lowest BCUT2D eigenvalue weighted by molar-refractivity contribution is -0.118. The lowest BCUT2D eigenvalue weighted by Gasteiger charge is -2.10. The van der Waals surface area contributed by atoms with E-state index in [9.17, 15) is 4.79 Å². The lowest BCUT2D eigenvalue weighted by Crippen LogP contribution is -2.26. The van der Waals surface area contributed by atoms with Crippen molar-refractivity contribution >= 4 is 17.5 Å². The molecule has 0 heterocycles. The average molecular weight is 256 g/mol. The molecule has 1 rings (SSSR count). The standard InChI is InChI=1S/C13H18ClNO2/c1-10-5-3-6-12(11(10)2)17-8-4-7-15-13(16)9-14/h3,5-6H,4,7-9H2,1-2H3,(H,15,16). The number of carbonyl (C=O) groups excluding carboxylic acids is 1. The minimum absolute atomic E-state index is 0.0118. The summed E-state index contributed by atoms with van der Waals surface area (Å²) in [4.78, 5) is 10.9. The van der Waals surface area contributed by atoms with Crippen LogP contribution < -0.4 is 10.1 Å². The van der Waals surface area contributed by atoms with Crippen LogP contribution in [0.3, 0.4) is 0 Å². The lowest BCUT2D eigenvalue weighted by atomic mass is 10.1. The van der Waals surface area contributed by atoms with Gasteiger partial charge in [-0.1, -0.05) is 12.1 Å². The van der Waals surface area contributed by atoms with E-state index in [0.717, 1.165) is 17.7 Å². The van der Waals surface area contributed by atoms with Crippen molar-refractivity contribution in [3.63, 3.8) is 0 Å². The first-order valence-electron chi connectivity index (χ1n) is 5.67. The van der Waals surface area contributed by atoms with Crippen LogP contribution in [0.15, 0.2) is 18.2 Å². The molecule has 1 aromatic rings. The zero-order valence-corrected chi connectivity index (χ0v) is 11.0. The van der Waals surface area contributed by atoms with E-state index in [0.29, 0.717) is 13.2 Å². The number of aryl methyl sites for hydroxylation is 1. The first kappa shape index (κ1) is 13.8. The largest absolute Gasteiger partial charge is 0.493 e. The molecule has 0 aliphatic carbocycles. The molecule has 1 aromatic carbocycles. The van der Waals surface area contributed by atoms with Crippen LogP contribution in [0.5, 0.6) is 5.75 Å². The Balaban J connectivity index is 2.27. The predicted molar refractivity (Wildman–Crippen MR) is 69.8 cm³/mol. The number of nitrogens with one attached hydrogen (secondary N) is 1.